The van der Waals surface area contributed by atoms with Gasteiger partial charge in [-0.25, -0.2) is 9.67 Å². The molecule has 1 N–H and O–H groups in total. The van der Waals surface area contributed by atoms with Crippen molar-refractivity contribution in [1.29, 1.82) is 0 Å². The van der Waals surface area contributed by atoms with Gasteiger partial charge in [0.15, 0.2) is 5.69 Å². The number of rotatable bonds is 6. The standard InChI is InChI=1S/C18H19N5O2/c1-3-25-17-10-14(8-9-19-17)11-20-18(24)16-12-23(22-21-16)15-6-4-13(2)5-7-15/h4-10,12H,3,11H2,1-2H3,(H,20,24). The number of aryl methyl sites for hydroxylation is 1. The number of carbonyl (C=O) groups excluding carboxylic acids is 1. The van der Waals surface area contributed by atoms with E-state index < -0.39 is 0 Å². The van der Waals surface area contributed by atoms with Crippen molar-refractivity contribution in [2.24, 2.45) is 0 Å². The van der Waals surface area contributed by atoms with Crippen LogP contribution in [0.5, 0.6) is 5.88 Å². The summed E-state index contributed by atoms with van der Waals surface area (Å²) in [5.74, 6) is 0.257. The molecular weight excluding hydrogens is 318 g/mol. The molecule has 7 nitrogen and oxygen atoms in total. The summed E-state index contributed by atoms with van der Waals surface area (Å²) in [5, 5.41) is 10.8. The Labute approximate surface area is 145 Å². The highest BCUT2D eigenvalue weighted by Crippen LogP contribution is 2.10. The van der Waals surface area contributed by atoms with E-state index in [1.165, 1.54) is 0 Å². The number of hydrogen-bond acceptors (Lipinski definition) is 5. The third kappa shape index (κ3) is 4.20. The Morgan fingerprint density at radius 1 is 1.24 bits per heavy atom. The van der Waals surface area contributed by atoms with E-state index in [9.17, 15) is 4.79 Å². The van der Waals surface area contributed by atoms with Crippen LogP contribution in [0.2, 0.25) is 0 Å². The zero-order chi connectivity index (χ0) is 17.6. The average Bonchev–Trinajstić information content (AvgIpc) is 3.11. The van der Waals surface area contributed by atoms with E-state index in [1.807, 2.05) is 44.2 Å². The summed E-state index contributed by atoms with van der Waals surface area (Å²) in [4.78, 5) is 16.4. The van der Waals surface area contributed by atoms with Gasteiger partial charge in [0, 0.05) is 18.8 Å². The molecule has 0 atom stereocenters. The Morgan fingerprint density at radius 3 is 2.80 bits per heavy atom. The lowest BCUT2D eigenvalue weighted by atomic mass is 10.2. The molecule has 0 aliphatic heterocycles. The van der Waals surface area contributed by atoms with Crippen LogP contribution in [0.15, 0.2) is 48.8 Å². The molecule has 0 spiro atoms. The molecule has 2 aromatic heterocycles. The van der Waals surface area contributed by atoms with E-state index in [-0.39, 0.29) is 11.6 Å². The van der Waals surface area contributed by atoms with Gasteiger partial charge < -0.3 is 10.1 Å². The fourth-order valence-electron chi connectivity index (χ4n) is 2.25. The first-order chi connectivity index (χ1) is 12.2. The van der Waals surface area contributed by atoms with Gasteiger partial charge in [0.05, 0.1) is 18.5 Å². The van der Waals surface area contributed by atoms with Crippen LogP contribution in [-0.2, 0) is 6.54 Å². The summed E-state index contributed by atoms with van der Waals surface area (Å²) in [6, 6.07) is 11.4. The molecule has 7 heteroatoms. The lowest BCUT2D eigenvalue weighted by Gasteiger charge is -2.06. The topological polar surface area (TPSA) is 81.9 Å². The van der Waals surface area contributed by atoms with E-state index >= 15 is 0 Å². The van der Waals surface area contributed by atoms with Crippen molar-refractivity contribution in [3.8, 4) is 11.6 Å². The monoisotopic (exact) mass is 337 g/mol. The second-order valence-corrected chi connectivity index (χ2v) is 5.50. The van der Waals surface area contributed by atoms with Crippen molar-refractivity contribution in [3.05, 3.63) is 65.6 Å². The normalized spacial score (nSPS) is 10.5. The van der Waals surface area contributed by atoms with Crippen molar-refractivity contribution in [3.63, 3.8) is 0 Å². The summed E-state index contributed by atoms with van der Waals surface area (Å²) >= 11 is 0. The van der Waals surface area contributed by atoms with Crippen LogP contribution in [0.4, 0.5) is 0 Å². The summed E-state index contributed by atoms with van der Waals surface area (Å²) in [6.45, 7) is 4.82. The molecule has 2 heterocycles. The molecule has 3 aromatic rings. The Morgan fingerprint density at radius 2 is 2.04 bits per heavy atom. The van der Waals surface area contributed by atoms with Crippen molar-refractivity contribution < 1.29 is 9.53 Å². The van der Waals surface area contributed by atoms with E-state index in [2.05, 4.69) is 20.6 Å². The number of ether oxygens (including phenoxy) is 1. The van der Waals surface area contributed by atoms with Gasteiger partial charge in [-0.05, 0) is 37.6 Å². The van der Waals surface area contributed by atoms with E-state index in [0.29, 0.717) is 19.0 Å². The predicted molar refractivity (Wildman–Crippen MR) is 92.7 cm³/mol. The first-order valence-corrected chi connectivity index (χ1v) is 8.01. The molecule has 0 unspecified atom stereocenters. The maximum absolute atomic E-state index is 12.3. The lowest BCUT2D eigenvalue weighted by Crippen LogP contribution is -2.23. The molecule has 1 aromatic carbocycles. The zero-order valence-corrected chi connectivity index (χ0v) is 14.1. The van der Waals surface area contributed by atoms with Crippen LogP contribution in [0.1, 0.15) is 28.5 Å². The number of carbonyl (C=O) groups is 1. The maximum atomic E-state index is 12.3. The van der Waals surface area contributed by atoms with E-state index in [0.717, 1.165) is 16.8 Å². The third-order valence-electron chi connectivity index (χ3n) is 3.57. The molecule has 0 aliphatic carbocycles. The molecule has 0 saturated heterocycles. The van der Waals surface area contributed by atoms with Gasteiger partial charge in [-0.1, -0.05) is 22.9 Å². The molecule has 0 fully saturated rings. The number of nitrogens with one attached hydrogen (secondary N) is 1. The number of hydrogen-bond donors (Lipinski definition) is 1. The highest BCUT2D eigenvalue weighted by Gasteiger charge is 2.11. The number of aromatic nitrogens is 4. The Balaban J connectivity index is 1.64. The average molecular weight is 337 g/mol. The molecule has 1 amide bonds. The summed E-state index contributed by atoms with van der Waals surface area (Å²) in [5.41, 5.74) is 3.18. The molecule has 25 heavy (non-hydrogen) atoms. The Hall–Kier alpha value is -3.22. The van der Waals surface area contributed by atoms with Gasteiger partial charge >= 0.3 is 0 Å². The first kappa shape index (κ1) is 16.6. The fraction of sp³-hybridized carbons (Fsp3) is 0.222. The Kier molecular flexibility index (Phi) is 5.03. The number of benzene rings is 1. The molecular formula is C18H19N5O2. The smallest absolute Gasteiger partial charge is 0.273 e. The van der Waals surface area contributed by atoms with Gasteiger partial charge in [0.2, 0.25) is 5.88 Å². The van der Waals surface area contributed by atoms with Crippen LogP contribution < -0.4 is 10.1 Å². The second kappa shape index (κ2) is 7.57. The quantitative estimate of drug-likeness (QED) is 0.746. The molecule has 0 aliphatic rings. The van der Waals surface area contributed by atoms with Crippen molar-refractivity contribution >= 4 is 5.91 Å². The van der Waals surface area contributed by atoms with Gasteiger partial charge in [0.1, 0.15) is 0 Å². The van der Waals surface area contributed by atoms with Crippen LogP contribution >= 0.6 is 0 Å². The highest BCUT2D eigenvalue weighted by molar-refractivity contribution is 5.91. The number of amides is 1. The van der Waals surface area contributed by atoms with Gasteiger partial charge in [-0.2, -0.15) is 0 Å². The SMILES string of the molecule is CCOc1cc(CNC(=O)c2cn(-c3ccc(C)cc3)nn2)ccn1. The van der Waals surface area contributed by atoms with Crippen LogP contribution in [0, 0.1) is 6.92 Å². The van der Waals surface area contributed by atoms with E-state index in [1.54, 1.807) is 23.1 Å². The maximum Gasteiger partial charge on any atom is 0.273 e. The fourth-order valence-corrected chi connectivity index (χ4v) is 2.25. The minimum atomic E-state index is -0.284. The van der Waals surface area contributed by atoms with Crippen LogP contribution in [0.3, 0.4) is 0 Å². The van der Waals surface area contributed by atoms with Crippen molar-refractivity contribution in [1.82, 2.24) is 25.3 Å². The molecule has 0 radical (unpaired) electrons. The van der Waals surface area contributed by atoms with Gasteiger partial charge in [0.25, 0.3) is 5.91 Å². The molecule has 0 saturated carbocycles. The second-order valence-electron chi connectivity index (χ2n) is 5.50. The minimum absolute atomic E-state index is 0.264. The molecule has 128 valence electrons. The largest absolute Gasteiger partial charge is 0.478 e. The number of pyridine rings is 1. The van der Waals surface area contributed by atoms with Gasteiger partial charge in [-0.15, -0.1) is 5.10 Å². The first-order valence-electron chi connectivity index (χ1n) is 8.01. The van der Waals surface area contributed by atoms with Crippen molar-refractivity contribution in [2.45, 2.75) is 20.4 Å². The highest BCUT2D eigenvalue weighted by atomic mass is 16.5. The zero-order valence-electron chi connectivity index (χ0n) is 14.1. The van der Waals surface area contributed by atoms with E-state index in [4.69, 9.17) is 4.74 Å². The van der Waals surface area contributed by atoms with Crippen molar-refractivity contribution in [2.75, 3.05) is 6.61 Å². The summed E-state index contributed by atoms with van der Waals surface area (Å²) in [7, 11) is 0. The molecule has 0 bridgehead atoms. The molecule has 3 rings (SSSR count). The third-order valence-corrected chi connectivity index (χ3v) is 3.57. The summed E-state index contributed by atoms with van der Waals surface area (Å²) < 4.78 is 6.93. The van der Waals surface area contributed by atoms with Crippen LogP contribution in [0.25, 0.3) is 5.69 Å². The summed E-state index contributed by atoms with van der Waals surface area (Å²) in [6.07, 6.45) is 3.26. The van der Waals surface area contributed by atoms with Gasteiger partial charge in [-0.3, -0.25) is 4.79 Å². The Bertz CT molecular complexity index is 858. The lowest BCUT2D eigenvalue weighted by molar-refractivity contribution is 0.0945. The predicted octanol–water partition coefficient (Wildman–Crippen LogP) is 2.30. The van der Waals surface area contributed by atoms with Crippen LogP contribution in [-0.4, -0.2) is 32.5 Å². The number of nitrogens with zero attached hydrogens (tertiary/aromatic N) is 4. The minimum Gasteiger partial charge on any atom is -0.478 e.